The Balaban J connectivity index is 1.34. The molecule has 0 aromatic heterocycles. The van der Waals surface area contributed by atoms with Crippen LogP contribution in [0.1, 0.15) is 0 Å². The molecule has 0 saturated heterocycles. The molecule has 0 N–H and O–H groups in total. The Morgan fingerprint density at radius 1 is 0.256 bits per heavy atom. The van der Waals surface area contributed by atoms with Gasteiger partial charge in [-0.25, -0.2) is 0 Å². The molecule has 0 aliphatic heterocycles. The second kappa shape index (κ2) is 12.1. The maximum atomic E-state index is 2.36. The summed E-state index contributed by atoms with van der Waals surface area (Å²) in [6.07, 6.45) is 0. The van der Waals surface area contributed by atoms with E-state index in [4.69, 9.17) is 0 Å². The molecule has 7 rings (SSSR count). The lowest BCUT2D eigenvalue weighted by molar-refractivity contribution is 1.28. The van der Waals surface area contributed by atoms with Crippen molar-refractivity contribution in [1.82, 2.24) is 0 Å². The van der Waals surface area contributed by atoms with Crippen molar-refractivity contribution in [2.24, 2.45) is 0 Å². The zero-order valence-corrected chi connectivity index (χ0v) is 23.8. The van der Waals surface area contributed by atoms with E-state index < -0.39 is 0 Å². The van der Waals surface area contributed by atoms with Crippen LogP contribution in [0.3, 0.4) is 0 Å². The topological polar surface area (TPSA) is 3.24 Å². The number of hydrogen-bond donors (Lipinski definition) is 0. The van der Waals surface area contributed by atoms with Crippen molar-refractivity contribution in [2.75, 3.05) is 4.90 Å². The Morgan fingerprint density at radius 3 is 1.12 bits per heavy atom. The fourth-order valence-electron chi connectivity index (χ4n) is 5.68. The molecule has 204 valence electrons. The van der Waals surface area contributed by atoms with Gasteiger partial charge in [0.2, 0.25) is 0 Å². The first-order chi connectivity index (χ1) is 21.3. The predicted octanol–water partition coefficient (Wildman–Crippen LogP) is 11.8. The highest BCUT2D eigenvalue weighted by Crippen LogP contribution is 2.43. The van der Waals surface area contributed by atoms with E-state index in [0.717, 1.165) is 17.1 Å². The van der Waals surface area contributed by atoms with Gasteiger partial charge in [-0.1, -0.05) is 152 Å². The van der Waals surface area contributed by atoms with Crippen molar-refractivity contribution in [2.45, 2.75) is 0 Å². The lowest BCUT2D eigenvalue weighted by Crippen LogP contribution is -2.11. The van der Waals surface area contributed by atoms with Crippen molar-refractivity contribution in [3.8, 4) is 44.5 Å². The first-order valence-electron chi connectivity index (χ1n) is 14.7. The molecule has 7 aromatic carbocycles. The second-order valence-electron chi connectivity index (χ2n) is 10.6. The van der Waals surface area contributed by atoms with Gasteiger partial charge in [0.05, 0.1) is 5.69 Å². The third-order valence-electron chi connectivity index (χ3n) is 7.89. The minimum Gasteiger partial charge on any atom is -0.310 e. The quantitative estimate of drug-likeness (QED) is 0.191. The molecule has 0 unspecified atom stereocenters. The standard InChI is InChI=1S/C42H31N/c1-5-13-32(14-6-1)34-21-23-36(24-22-34)38-27-30-42(41(31-38)37-17-9-3-10-18-37)43(39-19-11-4-12-20-39)40-28-25-35(26-29-40)33-15-7-2-8-16-33/h1-31H. The first-order valence-corrected chi connectivity index (χ1v) is 14.7. The van der Waals surface area contributed by atoms with E-state index in [0.29, 0.717) is 0 Å². The summed E-state index contributed by atoms with van der Waals surface area (Å²) in [7, 11) is 0. The molecule has 0 spiro atoms. The Hall–Kier alpha value is -5.66. The summed E-state index contributed by atoms with van der Waals surface area (Å²) >= 11 is 0. The van der Waals surface area contributed by atoms with Crippen LogP contribution in [0.25, 0.3) is 44.5 Å². The Bertz CT molecular complexity index is 1910. The number of para-hydroxylation sites is 1. The van der Waals surface area contributed by atoms with E-state index in [1.54, 1.807) is 0 Å². The molecule has 0 fully saturated rings. The van der Waals surface area contributed by atoms with E-state index in [1.165, 1.54) is 44.5 Å². The van der Waals surface area contributed by atoms with Crippen LogP contribution in [-0.4, -0.2) is 0 Å². The molecule has 0 radical (unpaired) electrons. The normalized spacial score (nSPS) is 10.8. The minimum atomic E-state index is 1.11. The van der Waals surface area contributed by atoms with Gasteiger partial charge < -0.3 is 4.90 Å². The third-order valence-corrected chi connectivity index (χ3v) is 7.89. The third kappa shape index (κ3) is 5.62. The summed E-state index contributed by atoms with van der Waals surface area (Å²) in [5.74, 6) is 0. The van der Waals surface area contributed by atoms with Crippen molar-refractivity contribution in [1.29, 1.82) is 0 Å². The molecular formula is C42H31N. The molecule has 0 heterocycles. The Morgan fingerprint density at radius 2 is 0.605 bits per heavy atom. The lowest BCUT2D eigenvalue weighted by atomic mass is 9.95. The first kappa shape index (κ1) is 26.3. The number of benzene rings is 7. The van der Waals surface area contributed by atoms with E-state index >= 15 is 0 Å². The highest BCUT2D eigenvalue weighted by atomic mass is 15.1. The maximum absolute atomic E-state index is 2.36. The highest BCUT2D eigenvalue weighted by molar-refractivity contribution is 5.91. The fraction of sp³-hybridized carbons (Fsp3) is 0. The van der Waals surface area contributed by atoms with Crippen molar-refractivity contribution in [3.05, 3.63) is 188 Å². The molecule has 7 aromatic rings. The van der Waals surface area contributed by atoms with Gasteiger partial charge in [-0.15, -0.1) is 0 Å². The van der Waals surface area contributed by atoms with Crippen molar-refractivity contribution < 1.29 is 0 Å². The number of anilines is 3. The number of nitrogens with zero attached hydrogens (tertiary/aromatic N) is 1. The van der Waals surface area contributed by atoms with E-state index in [9.17, 15) is 0 Å². The average Bonchev–Trinajstić information content (AvgIpc) is 3.10. The van der Waals surface area contributed by atoms with Crippen molar-refractivity contribution in [3.63, 3.8) is 0 Å². The SMILES string of the molecule is c1ccc(-c2ccc(-c3ccc(N(c4ccccc4)c4ccc(-c5ccccc5)cc4)c(-c4ccccc4)c3)cc2)cc1. The van der Waals surface area contributed by atoms with Crippen LogP contribution < -0.4 is 4.90 Å². The summed E-state index contributed by atoms with van der Waals surface area (Å²) in [5, 5.41) is 0. The van der Waals surface area contributed by atoms with Crippen molar-refractivity contribution >= 4 is 17.1 Å². The van der Waals surface area contributed by atoms with Gasteiger partial charge in [0.15, 0.2) is 0 Å². The molecule has 0 saturated carbocycles. The molecule has 0 aliphatic carbocycles. The van der Waals surface area contributed by atoms with Crippen LogP contribution in [0.2, 0.25) is 0 Å². The Labute approximate surface area is 254 Å². The van der Waals surface area contributed by atoms with Crippen LogP contribution >= 0.6 is 0 Å². The van der Waals surface area contributed by atoms with Gasteiger partial charge in [-0.3, -0.25) is 0 Å². The number of hydrogen-bond acceptors (Lipinski definition) is 1. The van der Waals surface area contributed by atoms with Crippen LogP contribution in [0.4, 0.5) is 17.1 Å². The molecule has 0 atom stereocenters. The second-order valence-corrected chi connectivity index (χ2v) is 10.6. The summed E-state index contributed by atoms with van der Waals surface area (Å²) < 4.78 is 0. The van der Waals surface area contributed by atoms with E-state index in [1.807, 2.05) is 0 Å². The summed E-state index contributed by atoms with van der Waals surface area (Å²) in [6.45, 7) is 0. The summed E-state index contributed by atoms with van der Waals surface area (Å²) in [6, 6.07) is 67.0. The smallest absolute Gasteiger partial charge is 0.0540 e. The molecule has 1 heteroatoms. The van der Waals surface area contributed by atoms with Crippen LogP contribution in [0, 0.1) is 0 Å². The van der Waals surface area contributed by atoms with Gasteiger partial charge in [0, 0.05) is 16.9 Å². The van der Waals surface area contributed by atoms with Crippen LogP contribution in [-0.2, 0) is 0 Å². The zero-order chi connectivity index (χ0) is 28.8. The van der Waals surface area contributed by atoms with Gasteiger partial charge in [-0.05, 0) is 75.3 Å². The van der Waals surface area contributed by atoms with Gasteiger partial charge in [-0.2, -0.15) is 0 Å². The molecule has 1 nitrogen and oxygen atoms in total. The van der Waals surface area contributed by atoms with Gasteiger partial charge >= 0.3 is 0 Å². The molecule has 0 amide bonds. The van der Waals surface area contributed by atoms with Crippen LogP contribution in [0.5, 0.6) is 0 Å². The molecular weight excluding hydrogens is 518 g/mol. The highest BCUT2D eigenvalue weighted by Gasteiger charge is 2.18. The molecule has 0 aliphatic rings. The Kier molecular flexibility index (Phi) is 7.36. The van der Waals surface area contributed by atoms with E-state index in [-0.39, 0.29) is 0 Å². The monoisotopic (exact) mass is 549 g/mol. The summed E-state index contributed by atoms with van der Waals surface area (Å²) in [4.78, 5) is 2.36. The van der Waals surface area contributed by atoms with Gasteiger partial charge in [0.1, 0.15) is 0 Å². The minimum absolute atomic E-state index is 1.11. The lowest BCUT2D eigenvalue weighted by Gasteiger charge is -2.28. The van der Waals surface area contributed by atoms with Gasteiger partial charge in [0.25, 0.3) is 0 Å². The van der Waals surface area contributed by atoms with Crippen LogP contribution in [0.15, 0.2) is 188 Å². The fourth-order valence-corrected chi connectivity index (χ4v) is 5.68. The maximum Gasteiger partial charge on any atom is 0.0540 e. The predicted molar refractivity (Wildman–Crippen MR) is 183 cm³/mol. The molecule has 0 bridgehead atoms. The molecule has 43 heavy (non-hydrogen) atoms. The zero-order valence-electron chi connectivity index (χ0n) is 23.8. The van der Waals surface area contributed by atoms with E-state index in [2.05, 4.69) is 193 Å². The summed E-state index contributed by atoms with van der Waals surface area (Å²) in [5.41, 5.74) is 13.0. The number of rotatable bonds is 7. The average molecular weight is 550 g/mol. The largest absolute Gasteiger partial charge is 0.310 e.